The molecule has 0 spiro atoms. The molecule has 0 atom stereocenters. The smallest absolute Gasteiger partial charge is 0.152 e. The van der Waals surface area contributed by atoms with Crippen molar-refractivity contribution in [3.8, 4) is 0 Å². The summed E-state index contributed by atoms with van der Waals surface area (Å²) in [6.45, 7) is 1.58. The molecule has 0 aliphatic rings. The highest BCUT2D eigenvalue weighted by Gasteiger charge is 2.12. The number of aryl methyl sites for hydroxylation is 1. The van der Waals surface area contributed by atoms with Gasteiger partial charge < -0.3 is 11.1 Å². The van der Waals surface area contributed by atoms with E-state index in [-0.39, 0.29) is 5.69 Å². The summed E-state index contributed by atoms with van der Waals surface area (Å²) in [7, 11) is 0. The maximum absolute atomic E-state index is 13.8. The minimum Gasteiger partial charge on any atom is -0.397 e. The molecule has 5 heteroatoms. The van der Waals surface area contributed by atoms with E-state index < -0.39 is 11.6 Å². The lowest BCUT2D eigenvalue weighted by Crippen LogP contribution is -2.02. The summed E-state index contributed by atoms with van der Waals surface area (Å²) in [5, 5.41) is 2.70. The first kappa shape index (κ1) is 13.1. The van der Waals surface area contributed by atoms with Crippen LogP contribution in [0.3, 0.4) is 0 Å². The summed E-state index contributed by atoms with van der Waals surface area (Å²) in [5.41, 5.74) is 6.93. The van der Waals surface area contributed by atoms with Gasteiger partial charge in [0.15, 0.2) is 5.82 Å². The number of benzene rings is 2. The lowest BCUT2D eigenvalue weighted by molar-refractivity contribution is 0.585. The third-order valence-electron chi connectivity index (χ3n) is 2.56. The van der Waals surface area contributed by atoms with E-state index in [1.54, 1.807) is 19.1 Å². The van der Waals surface area contributed by atoms with Crippen molar-refractivity contribution < 1.29 is 8.78 Å². The maximum atomic E-state index is 13.8. The number of rotatable bonds is 2. The number of halogens is 3. The minimum absolute atomic E-state index is 0.178. The molecule has 2 aromatic carbocycles. The van der Waals surface area contributed by atoms with E-state index in [4.69, 9.17) is 5.73 Å². The zero-order chi connectivity index (χ0) is 13.3. The third kappa shape index (κ3) is 2.55. The molecule has 0 amide bonds. The standard InChI is InChI=1S/C13H11F2IN2/c1-7-2-4-9(14)13(12(7)15)18-11-5-3-8(16)6-10(11)17/h2-6,18H,17H2,1H3. The highest BCUT2D eigenvalue weighted by molar-refractivity contribution is 14.1. The predicted octanol–water partition coefficient (Wildman–Crippen LogP) is 4.20. The second-order valence-corrected chi connectivity index (χ2v) is 5.16. The molecule has 18 heavy (non-hydrogen) atoms. The molecular formula is C13H11F2IN2. The number of nitrogens with one attached hydrogen (secondary N) is 1. The minimum atomic E-state index is -0.643. The van der Waals surface area contributed by atoms with Gasteiger partial charge in [-0.2, -0.15) is 0 Å². The van der Waals surface area contributed by atoms with Crippen molar-refractivity contribution in [1.82, 2.24) is 0 Å². The van der Waals surface area contributed by atoms with E-state index >= 15 is 0 Å². The molecule has 0 unspecified atom stereocenters. The van der Waals surface area contributed by atoms with Crippen LogP contribution >= 0.6 is 22.6 Å². The van der Waals surface area contributed by atoms with Crippen LogP contribution in [0.4, 0.5) is 25.8 Å². The first-order valence-electron chi connectivity index (χ1n) is 5.25. The Morgan fingerprint density at radius 3 is 2.56 bits per heavy atom. The molecule has 0 fully saturated rings. The van der Waals surface area contributed by atoms with Crippen LogP contribution in [0.1, 0.15) is 5.56 Å². The van der Waals surface area contributed by atoms with Gasteiger partial charge in [-0.25, -0.2) is 8.78 Å². The fourth-order valence-electron chi connectivity index (χ4n) is 1.55. The second-order valence-electron chi connectivity index (χ2n) is 3.91. The van der Waals surface area contributed by atoms with E-state index in [2.05, 4.69) is 27.9 Å². The van der Waals surface area contributed by atoms with Gasteiger partial charge in [0.25, 0.3) is 0 Å². The number of nitrogens with two attached hydrogens (primary N) is 1. The summed E-state index contributed by atoms with van der Waals surface area (Å²) in [5.74, 6) is -1.25. The lowest BCUT2D eigenvalue weighted by Gasteiger charge is -2.12. The molecule has 0 saturated heterocycles. The van der Waals surface area contributed by atoms with Crippen LogP contribution in [-0.4, -0.2) is 0 Å². The maximum Gasteiger partial charge on any atom is 0.152 e. The second kappa shape index (κ2) is 5.09. The van der Waals surface area contributed by atoms with Crippen molar-refractivity contribution in [2.75, 3.05) is 11.1 Å². The largest absolute Gasteiger partial charge is 0.397 e. The summed E-state index contributed by atoms with van der Waals surface area (Å²) in [6, 6.07) is 7.86. The van der Waals surface area contributed by atoms with E-state index in [9.17, 15) is 8.78 Å². The van der Waals surface area contributed by atoms with Gasteiger partial charge in [-0.05, 0) is 59.3 Å². The Labute approximate surface area is 117 Å². The number of hydrogen-bond donors (Lipinski definition) is 2. The summed E-state index contributed by atoms with van der Waals surface area (Å²) >= 11 is 2.12. The van der Waals surface area contributed by atoms with Crippen LogP contribution in [0.5, 0.6) is 0 Å². The first-order valence-corrected chi connectivity index (χ1v) is 6.33. The highest BCUT2D eigenvalue weighted by Crippen LogP contribution is 2.29. The van der Waals surface area contributed by atoms with Crippen molar-refractivity contribution >= 4 is 39.7 Å². The monoisotopic (exact) mass is 360 g/mol. The van der Waals surface area contributed by atoms with E-state index in [0.717, 1.165) is 3.57 Å². The Kier molecular flexibility index (Phi) is 3.70. The molecule has 0 bridgehead atoms. The quantitative estimate of drug-likeness (QED) is 0.622. The molecule has 3 N–H and O–H groups in total. The Balaban J connectivity index is 2.43. The molecule has 0 aromatic heterocycles. The summed E-state index contributed by atoms with van der Waals surface area (Å²) in [6.07, 6.45) is 0. The average Bonchev–Trinajstić information content (AvgIpc) is 2.32. The molecule has 0 aliphatic heterocycles. The topological polar surface area (TPSA) is 38.0 Å². The van der Waals surface area contributed by atoms with Gasteiger partial charge in [0, 0.05) is 3.57 Å². The molecule has 2 aromatic rings. The third-order valence-corrected chi connectivity index (χ3v) is 3.23. The van der Waals surface area contributed by atoms with Crippen LogP contribution in [0.25, 0.3) is 0 Å². The van der Waals surface area contributed by atoms with Crippen molar-refractivity contribution in [1.29, 1.82) is 0 Å². The van der Waals surface area contributed by atoms with Gasteiger partial charge >= 0.3 is 0 Å². The van der Waals surface area contributed by atoms with Gasteiger partial charge in [0.05, 0.1) is 11.4 Å². The zero-order valence-corrected chi connectivity index (χ0v) is 11.8. The van der Waals surface area contributed by atoms with Crippen molar-refractivity contribution in [3.63, 3.8) is 0 Å². The number of nitrogen functional groups attached to an aromatic ring is 1. The van der Waals surface area contributed by atoms with Crippen LogP contribution in [-0.2, 0) is 0 Å². The van der Waals surface area contributed by atoms with Crippen molar-refractivity contribution in [2.45, 2.75) is 6.92 Å². The molecule has 0 aliphatic carbocycles. The summed E-state index contributed by atoms with van der Waals surface area (Å²) in [4.78, 5) is 0. The van der Waals surface area contributed by atoms with Crippen LogP contribution in [0, 0.1) is 22.1 Å². The van der Waals surface area contributed by atoms with Gasteiger partial charge in [-0.3, -0.25) is 0 Å². The highest BCUT2D eigenvalue weighted by atomic mass is 127. The molecule has 0 radical (unpaired) electrons. The molecule has 0 heterocycles. The molecule has 0 saturated carbocycles. The fraction of sp³-hybridized carbons (Fsp3) is 0.0769. The Bertz CT molecular complexity index is 600. The Morgan fingerprint density at radius 1 is 1.17 bits per heavy atom. The van der Waals surface area contributed by atoms with Gasteiger partial charge in [0.1, 0.15) is 11.5 Å². The van der Waals surface area contributed by atoms with Crippen LogP contribution in [0.15, 0.2) is 30.3 Å². The van der Waals surface area contributed by atoms with E-state index in [0.29, 0.717) is 16.9 Å². The van der Waals surface area contributed by atoms with Crippen molar-refractivity contribution in [2.24, 2.45) is 0 Å². The predicted molar refractivity (Wildman–Crippen MR) is 77.9 cm³/mol. The lowest BCUT2D eigenvalue weighted by atomic mass is 10.2. The zero-order valence-electron chi connectivity index (χ0n) is 9.60. The van der Waals surface area contributed by atoms with Gasteiger partial charge in [-0.15, -0.1) is 0 Å². The first-order chi connectivity index (χ1) is 8.49. The van der Waals surface area contributed by atoms with Crippen LogP contribution in [0.2, 0.25) is 0 Å². The Hall–Kier alpha value is -1.37. The molecule has 2 nitrogen and oxygen atoms in total. The molecule has 2 rings (SSSR count). The Morgan fingerprint density at radius 2 is 1.89 bits per heavy atom. The summed E-state index contributed by atoms with van der Waals surface area (Å²) < 4.78 is 28.4. The fourth-order valence-corrected chi connectivity index (χ4v) is 2.07. The van der Waals surface area contributed by atoms with Gasteiger partial charge in [-0.1, -0.05) is 6.07 Å². The molecular weight excluding hydrogens is 349 g/mol. The van der Waals surface area contributed by atoms with E-state index in [1.165, 1.54) is 12.1 Å². The SMILES string of the molecule is Cc1ccc(F)c(Nc2ccc(I)cc2N)c1F. The van der Waals surface area contributed by atoms with Crippen molar-refractivity contribution in [3.05, 3.63) is 51.1 Å². The number of hydrogen-bond acceptors (Lipinski definition) is 2. The van der Waals surface area contributed by atoms with E-state index in [1.807, 2.05) is 6.07 Å². The number of anilines is 3. The van der Waals surface area contributed by atoms with Crippen LogP contribution < -0.4 is 11.1 Å². The average molecular weight is 360 g/mol. The normalized spacial score (nSPS) is 10.4. The molecule has 94 valence electrons. The van der Waals surface area contributed by atoms with Gasteiger partial charge in [0.2, 0.25) is 0 Å².